The zero-order valence-electron chi connectivity index (χ0n) is 19.1. The number of ether oxygens (including phenoxy) is 2. The van der Waals surface area contributed by atoms with E-state index in [2.05, 4.69) is 17.3 Å². The number of nitrogens with zero attached hydrogens (tertiary/aromatic N) is 1. The van der Waals surface area contributed by atoms with E-state index in [1.807, 2.05) is 30.0 Å². The molecule has 1 aromatic rings. The van der Waals surface area contributed by atoms with Crippen LogP contribution in [0.4, 0.5) is 5.69 Å². The summed E-state index contributed by atoms with van der Waals surface area (Å²) in [6.07, 6.45) is 2.62. The van der Waals surface area contributed by atoms with Gasteiger partial charge >= 0.3 is 0 Å². The molecule has 2 saturated heterocycles. The fourth-order valence-corrected chi connectivity index (χ4v) is 4.71. The molecule has 0 aromatic heterocycles. The predicted molar refractivity (Wildman–Crippen MR) is 122 cm³/mol. The maximum atomic E-state index is 12.9. The predicted octanol–water partition coefficient (Wildman–Crippen LogP) is 2.30. The van der Waals surface area contributed by atoms with Gasteiger partial charge in [-0.2, -0.15) is 0 Å². The van der Waals surface area contributed by atoms with E-state index < -0.39 is 32.9 Å². The van der Waals surface area contributed by atoms with Gasteiger partial charge < -0.3 is 14.4 Å². The summed E-state index contributed by atoms with van der Waals surface area (Å²) in [6, 6.07) is 5.97. The summed E-state index contributed by atoms with van der Waals surface area (Å²) in [5.74, 6) is 5.25. The van der Waals surface area contributed by atoms with Crippen LogP contribution in [0.3, 0.4) is 0 Å². The number of amides is 1. The number of aryl methyl sites for hydroxylation is 1. The van der Waals surface area contributed by atoms with Crippen molar-refractivity contribution in [3.63, 3.8) is 0 Å². The number of anilines is 1. The van der Waals surface area contributed by atoms with Gasteiger partial charge in [0.05, 0.1) is 6.10 Å². The van der Waals surface area contributed by atoms with Crippen LogP contribution in [0.15, 0.2) is 18.2 Å². The lowest BCUT2D eigenvalue weighted by atomic mass is 10.0. The van der Waals surface area contributed by atoms with Crippen molar-refractivity contribution in [2.75, 3.05) is 31.0 Å². The first kappa shape index (κ1) is 24.5. The van der Waals surface area contributed by atoms with Crippen LogP contribution in [0, 0.1) is 18.8 Å². The summed E-state index contributed by atoms with van der Waals surface area (Å²) in [5, 5.41) is 0. The Morgan fingerprint density at radius 3 is 2.75 bits per heavy atom. The highest BCUT2D eigenvalue weighted by atomic mass is 32.2. The number of hydrogen-bond donors (Lipinski definition) is 1. The van der Waals surface area contributed by atoms with Gasteiger partial charge in [0, 0.05) is 43.5 Å². The molecule has 0 spiro atoms. The molecule has 0 bridgehead atoms. The molecule has 0 radical (unpaired) electrons. The quantitative estimate of drug-likeness (QED) is 0.489. The summed E-state index contributed by atoms with van der Waals surface area (Å²) in [6.45, 7) is 6.56. The van der Waals surface area contributed by atoms with E-state index >= 15 is 0 Å². The van der Waals surface area contributed by atoms with Gasteiger partial charge in [0.1, 0.15) is 6.73 Å². The standard InChI is InChI=1S/C23H32N2O6S/c1-5-8-18-10-11-19(13-17(18)2)25-15-20(30-16-25)14-23(3,32(4,27)28)22(26)24-31-21-9-6-7-12-29-21/h10-11,13,20-21H,6-7,9,12,14-16H2,1-4H3,(H,24,26). The van der Waals surface area contributed by atoms with Gasteiger partial charge in [-0.1, -0.05) is 5.92 Å². The van der Waals surface area contributed by atoms with Crippen molar-refractivity contribution < 1.29 is 27.5 Å². The van der Waals surface area contributed by atoms with Crippen molar-refractivity contribution in [3.8, 4) is 11.8 Å². The van der Waals surface area contributed by atoms with Gasteiger partial charge in [-0.15, -0.1) is 5.92 Å². The normalized spacial score (nSPS) is 23.2. The second kappa shape index (κ2) is 10.2. The molecule has 3 rings (SSSR count). The molecular formula is C23H32N2O6S. The maximum absolute atomic E-state index is 12.9. The van der Waals surface area contributed by atoms with Crippen molar-refractivity contribution in [2.45, 2.75) is 63.6 Å². The first-order valence-corrected chi connectivity index (χ1v) is 12.7. The molecule has 1 N–H and O–H groups in total. The highest BCUT2D eigenvalue weighted by molar-refractivity contribution is 7.92. The number of carbonyl (C=O) groups excluding carboxylic acids is 1. The van der Waals surface area contributed by atoms with Crippen LogP contribution < -0.4 is 10.4 Å². The molecule has 3 unspecified atom stereocenters. The van der Waals surface area contributed by atoms with Crippen molar-refractivity contribution in [1.82, 2.24) is 5.48 Å². The lowest BCUT2D eigenvalue weighted by molar-refractivity contribution is -0.201. The summed E-state index contributed by atoms with van der Waals surface area (Å²) in [5.41, 5.74) is 5.31. The minimum absolute atomic E-state index is 0.0153. The Balaban J connectivity index is 1.66. The number of rotatable bonds is 7. The molecule has 9 heteroatoms. The van der Waals surface area contributed by atoms with E-state index in [1.54, 1.807) is 6.92 Å². The lowest BCUT2D eigenvalue weighted by Crippen LogP contribution is -2.53. The van der Waals surface area contributed by atoms with Crippen LogP contribution >= 0.6 is 0 Å². The van der Waals surface area contributed by atoms with E-state index in [-0.39, 0.29) is 6.42 Å². The van der Waals surface area contributed by atoms with E-state index in [1.165, 1.54) is 6.92 Å². The fraction of sp³-hybridized carbons (Fsp3) is 0.609. The molecule has 32 heavy (non-hydrogen) atoms. The van der Waals surface area contributed by atoms with E-state index in [9.17, 15) is 13.2 Å². The minimum Gasteiger partial charge on any atom is -0.356 e. The first-order chi connectivity index (χ1) is 15.1. The topological polar surface area (TPSA) is 94.2 Å². The molecule has 1 amide bonds. The summed E-state index contributed by atoms with van der Waals surface area (Å²) >= 11 is 0. The van der Waals surface area contributed by atoms with Gasteiger partial charge in [0.2, 0.25) is 0 Å². The molecule has 0 saturated carbocycles. The number of hydrogen-bond acceptors (Lipinski definition) is 7. The highest BCUT2D eigenvalue weighted by Crippen LogP contribution is 2.30. The molecule has 2 aliphatic heterocycles. The average Bonchev–Trinajstić information content (AvgIpc) is 3.21. The van der Waals surface area contributed by atoms with Crippen molar-refractivity contribution >= 4 is 21.4 Å². The monoisotopic (exact) mass is 464 g/mol. The maximum Gasteiger partial charge on any atom is 0.264 e. The Morgan fingerprint density at radius 2 is 2.12 bits per heavy atom. The smallest absolute Gasteiger partial charge is 0.264 e. The molecule has 176 valence electrons. The average molecular weight is 465 g/mol. The molecule has 3 atom stereocenters. The second-order valence-electron chi connectivity index (χ2n) is 8.57. The van der Waals surface area contributed by atoms with Gasteiger partial charge in [-0.25, -0.2) is 18.7 Å². The number of benzene rings is 1. The van der Waals surface area contributed by atoms with E-state index in [0.717, 1.165) is 35.9 Å². The minimum atomic E-state index is -3.75. The number of carbonyl (C=O) groups is 1. The van der Waals surface area contributed by atoms with Gasteiger partial charge in [0.25, 0.3) is 5.91 Å². The zero-order valence-corrected chi connectivity index (χ0v) is 20.0. The summed E-state index contributed by atoms with van der Waals surface area (Å²) in [4.78, 5) is 20.2. The van der Waals surface area contributed by atoms with Crippen LogP contribution in [0.2, 0.25) is 0 Å². The molecule has 2 heterocycles. The third-order valence-electron chi connectivity index (χ3n) is 6.06. The van der Waals surface area contributed by atoms with Crippen LogP contribution in [-0.4, -0.2) is 57.6 Å². The van der Waals surface area contributed by atoms with Crippen molar-refractivity contribution in [1.29, 1.82) is 0 Å². The number of hydroxylamine groups is 1. The largest absolute Gasteiger partial charge is 0.356 e. The molecule has 2 fully saturated rings. The third kappa shape index (κ3) is 5.62. The molecule has 8 nitrogen and oxygen atoms in total. The number of sulfone groups is 1. The number of nitrogens with one attached hydrogen (secondary N) is 1. The van der Waals surface area contributed by atoms with Gasteiger partial charge in [0.15, 0.2) is 20.9 Å². The molecule has 0 aliphatic carbocycles. The van der Waals surface area contributed by atoms with Crippen LogP contribution in [0.1, 0.15) is 50.7 Å². The molecular weight excluding hydrogens is 432 g/mol. The molecule has 1 aromatic carbocycles. The van der Waals surface area contributed by atoms with Crippen molar-refractivity contribution in [3.05, 3.63) is 29.3 Å². The lowest BCUT2D eigenvalue weighted by Gasteiger charge is -2.30. The van der Waals surface area contributed by atoms with E-state index in [4.69, 9.17) is 14.3 Å². The van der Waals surface area contributed by atoms with Crippen LogP contribution in [0.5, 0.6) is 0 Å². The summed E-state index contributed by atoms with van der Waals surface area (Å²) in [7, 11) is -3.75. The molecule has 2 aliphatic rings. The van der Waals surface area contributed by atoms with Gasteiger partial charge in [-0.3, -0.25) is 4.79 Å². The zero-order chi connectivity index (χ0) is 23.4. The Hall–Kier alpha value is -2.12. The Kier molecular flexibility index (Phi) is 7.83. The van der Waals surface area contributed by atoms with Crippen molar-refractivity contribution in [2.24, 2.45) is 0 Å². The summed E-state index contributed by atoms with van der Waals surface area (Å²) < 4.78 is 34.8. The SMILES string of the molecule is CC#Cc1ccc(N2COC(CC(C)(C(=O)NOC3CCCCO3)S(C)(=O)=O)C2)cc1C. The fourth-order valence-electron chi connectivity index (χ4n) is 3.85. The highest BCUT2D eigenvalue weighted by Gasteiger charge is 2.47. The van der Waals surface area contributed by atoms with Crippen LogP contribution in [0.25, 0.3) is 0 Å². The van der Waals surface area contributed by atoms with Crippen LogP contribution in [-0.2, 0) is 28.9 Å². The first-order valence-electron chi connectivity index (χ1n) is 10.8. The Labute approximate surface area is 190 Å². The Morgan fingerprint density at radius 1 is 1.34 bits per heavy atom. The van der Waals surface area contributed by atoms with Gasteiger partial charge in [-0.05, 0) is 57.4 Å². The second-order valence-corrected chi connectivity index (χ2v) is 11.0. The Bertz CT molecular complexity index is 993. The van der Waals surface area contributed by atoms with E-state index in [0.29, 0.717) is 26.3 Å². The third-order valence-corrected chi connectivity index (χ3v) is 8.05.